The number of benzene rings is 1. The monoisotopic (exact) mass is 280 g/mol. The maximum absolute atomic E-state index is 9.08. The number of hydrogen-bond acceptors (Lipinski definition) is 6. The van der Waals surface area contributed by atoms with E-state index in [1.807, 2.05) is 0 Å². The minimum absolute atomic E-state index is 0.0317. The predicted molar refractivity (Wildman–Crippen MR) is 72.9 cm³/mol. The predicted octanol–water partition coefficient (Wildman–Crippen LogP) is 2.78. The SMILES string of the molecule is CCCc1nsc(Oc2ccc(CO)cc2OC)n1. The van der Waals surface area contributed by atoms with Gasteiger partial charge >= 0.3 is 0 Å². The molecule has 0 aliphatic heterocycles. The number of ether oxygens (including phenoxy) is 2. The summed E-state index contributed by atoms with van der Waals surface area (Å²) in [7, 11) is 1.56. The Labute approximate surface area is 116 Å². The highest BCUT2D eigenvalue weighted by Gasteiger charge is 2.10. The van der Waals surface area contributed by atoms with Gasteiger partial charge in [-0.15, -0.1) is 0 Å². The van der Waals surface area contributed by atoms with Crippen molar-refractivity contribution in [3.63, 3.8) is 0 Å². The zero-order chi connectivity index (χ0) is 13.7. The third kappa shape index (κ3) is 3.42. The normalized spacial score (nSPS) is 10.5. The van der Waals surface area contributed by atoms with Crippen LogP contribution in [0.5, 0.6) is 16.7 Å². The molecule has 0 aliphatic rings. The van der Waals surface area contributed by atoms with Gasteiger partial charge in [-0.2, -0.15) is 9.36 Å². The molecule has 1 aromatic carbocycles. The first-order valence-electron chi connectivity index (χ1n) is 6.05. The first-order valence-corrected chi connectivity index (χ1v) is 6.82. The number of aromatic nitrogens is 2. The average Bonchev–Trinajstić information content (AvgIpc) is 2.87. The lowest BCUT2D eigenvalue weighted by atomic mass is 10.2. The van der Waals surface area contributed by atoms with Gasteiger partial charge in [-0.3, -0.25) is 0 Å². The Balaban J connectivity index is 2.17. The Hall–Kier alpha value is -1.66. The minimum Gasteiger partial charge on any atom is -0.493 e. The molecule has 1 heterocycles. The summed E-state index contributed by atoms with van der Waals surface area (Å²) in [6.45, 7) is 2.05. The third-order valence-corrected chi connectivity index (χ3v) is 3.16. The molecule has 0 fully saturated rings. The molecule has 0 spiro atoms. The Morgan fingerprint density at radius 1 is 1.32 bits per heavy atom. The van der Waals surface area contributed by atoms with Crippen molar-refractivity contribution in [1.29, 1.82) is 0 Å². The molecule has 2 aromatic rings. The number of aliphatic hydroxyl groups excluding tert-OH is 1. The highest BCUT2D eigenvalue weighted by atomic mass is 32.1. The summed E-state index contributed by atoms with van der Waals surface area (Å²) in [5.74, 6) is 1.94. The van der Waals surface area contributed by atoms with E-state index in [-0.39, 0.29) is 6.61 Å². The van der Waals surface area contributed by atoms with Gasteiger partial charge in [0.2, 0.25) is 0 Å². The van der Waals surface area contributed by atoms with E-state index < -0.39 is 0 Å². The summed E-state index contributed by atoms with van der Waals surface area (Å²) in [4.78, 5) is 4.29. The van der Waals surface area contributed by atoms with Crippen LogP contribution >= 0.6 is 11.5 Å². The van der Waals surface area contributed by atoms with Crippen LogP contribution < -0.4 is 9.47 Å². The number of aryl methyl sites for hydroxylation is 1. The zero-order valence-electron chi connectivity index (χ0n) is 10.9. The van der Waals surface area contributed by atoms with Crippen LogP contribution in [0.2, 0.25) is 0 Å². The third-order valence-electron chi connectivity index (χ3n) is 2.53. The Morgan fingerprint density at radius 3 is 2.84 bits per heavy atom. The fourth-order valence-electron chi connectivity index (χ4n) is 1.59. The molecule has 19 heavy (non-hydrogen) atoms. The number of methoxy groups -OCH3 is 1. The van der Waals surface area contributed by atoms with Gasteiger partial charge in [0, 0.05) is 18.0 Å². The molecule has 5 nitrogen and oxygen atoms in total. The van der Waals surface area contributed by atoms with Crippen LogP contribution in [-0.2, 0) is 13.0 Å². The molecule has 0 unspecified atom stereocenters. The van der Waals surface area contributed by atoms with Crippen LogP contribution in [0.1, 0.15) is 24.7 Å². The molecule has 0 radical (unpaired) electrons. The average molecular weight is 280 g/mol. The van der Waals surface area contributed by atoms with E-state index in [0.29, 0.717) is 16.7 Å². The first kappa shape index (κ1) is 13.8. The molecule has 6 heteroatoms. The first-order chi connectivity index (χ1) is 9.26. The van der Waals surface area contributed by atoms with Gasteiger partial charge < -0.3 is 14.6 Å². The zero-order valence-corrected chi connectivity index (χ0v) is 11.7. The van der Waals surface area contributed by atoms with Crippen molar-refractivity contribution in [2.24, 2.45) is 0 Å². The molecule has 1 aromatic heterocycles. The van der Waals surface area contributed by atoms with E-state index in [4.69, 9.17) is 14.6 Å². The van der Waals surface area contributed by atoms with E-state index in [1.54, 1.807) is 25.3 Å². The molecule has 0 saturated heterocycles. The van der Waals surface area contributed by atoms with Gasteiger partial charge in [-0.25, -0.2) is 0 Å². The number of aliphatic hydroxyl groups is 1. The van der Waals surface area contributed by atoms with Gasteiger partial charge in [0.1, 0.15) is 5.82 Å². The molecule has 102 valence electrons. The van der Waals surface area contributed by atoms with Crippen LogP contribution in [-0.4, -0.2) is 21.6 Å². The van der Waals surface area contributed by atoms with Crippen molar-refractivity contribution < 1.29 is 14.6 Å². The minimum atomic E-state index is -0.0317. The largest absolute Gasteiger partial charge is 0.493 e. The van der Waals surface area contributed by atoms with Crippen LogP contribution in [0.25, 0.3) is 0 Å². The topological polar surface area (TPSA) is 64.5 Å². The molecule has 0 atom stereocenters. The van der Waals surface area contributed by atoms with E-state index in [2.05, 4.69) is 16.3 Å². The van der Waals surface area contributed by atoms with E-state index in [9.17, 15) is 0 Å². The maximum atomic E-state index is 9.08. The molecule has 0 aliphatic carbocycles. The standard InChI is InChI=1S/C13H16N2O3S/c1-3-4-12-14-13(19-15-12)18-10-6-5-9(8-16)7-11(10)17-2/h5-7,16H,3-4,8H2,1-2H3. The fraction of sp³-hybridized carbons (Fsp3) is 0.385. The van der Waals surface area contributed by atoms with Crippen LogP contribution in [0.3, 0.4) is 0 Å². The summed E-state index contributed by atoms with van der Waals surface area (Å²) < 4.78 is 15.1. The van der Waals surface area contributed by atoms with Crippen molar-refractivity contribution in [2.75, 3.05) is 7.11 Å². The Bertz CT molecular complexity index is 542. The van der Waals surface area contributed by atoms with Crippen molar-refractivity contribution in [3.8, 4) is 16.7 Å². The molecule has 0 bridgehead atoms. The summed E-state index contributed by atoms with van der Waals surface area (Å²) in [6, 6.07) is 5.28. The summed E-state index contributed by atoms with van der Waals surface area (Å²) in [5, 5.41) is 9.58. The maximum Gasteiger partial charge on any atom is 0.298 e. The van der Waals surface area contributed by atoms with Gasteiger partial charge in [0.25, 0.3) is 5.19 Å². The molecular formula is C13H16N2O3S. The lowest BCUT2D eigenvalue weighted by Crippen LogP contribution is -1.93. The lowest BCUT2D eigenvalue weighted by Gasteiger charge is -2.08. The summed E-state index contributed by atoms with van der Waals surface area (Å²) in [5.41, 5.74) is 0.771. The van der Waals surface area contributed by atoms with Gasteiger partial charge in [0.15, 0.2) is 11.5 Å². The van der Waals surface area contributed by atoms with E-state index in [1.165, 1.54) is 11.5 Å². The van der Waals surface area contributed by atoms with Crippen molar-refractivity contribution in [2.45, 2.75) is 26.4 Å². The number of rotatable bonds is 6. The van der Waals surface area contributed by atoms with Crippen LogP contribution in [0.15, 0.2) is 18.2 Å². The second-order valence-corrected chi connectivity index (χ2v) is 4.69. The van der Waals surface area contributed by atoms with Gasteiger partial charge in [0.05, 0.1) is 13.7 Å². The van der Waals surface area contributed by atoms with Crippen LogP contribution in [0, 0.1) is 0 Å². The summed E-state index contributed by atoms with van der Waals surface area (Å²) >= 11 is 1.23. The van der Waals surface area contributed by atoms with E-state index in [0.717, 1.165) is 24.2 Å². The Kier molecular flexibility index (Phi) is 4.70. The molecule has 2 rings (SSSR count). The molecule has 0 amide bonds. The number of hydrogen-bond donors (Lipinski definition) is 1. The summed E-state index contributed by atoms with van der Waals surface area (Å²) in [6.07, 6.45) is 1.85. The lowest BCUT2D eigenvalue weighted by molar-refractivity contribution is 0.280. The van der Waals surface area contributed by atoms with Crippen molar-refractivity contribution in [3.05, 3.63) is 29.6 Å². The van der Waals surface area contributed by atoms with Crippen LogP contribution in [0.4, 0.5) is 0 Å². The second-order valence-electron chi connectivity index (χ2n) is 3.97. The van der Waals surface area contributed by atoms with Crippen molar-refractivity contribution in [1.82, 2.24) is 9.36 Å². The Morgan fingerprint density at radius 2 is 2.16 bits per heavy atom. The van der Waals surface area contributed by atoms with Crippen molar-refractivity contribution >= 4 is 11.5 Å². The molecule has 0 saturated carbocycles. The second kappa shape index (κ2) is 6.49. The highest BCUT2D eigenvalue weighted by Crippen LogP contribution is 2.33. The molecular weight excluding hydrogens is 264 g/mol. The number of nitrogens with zero attached hydrogens (tertiary/aromatic N) is 2. The quantitative estimate of drug-likeness (QED) is 0.881. The smallest absolute Gasteiger partial charge is 0.298 e. The highest BCUT2D eigenvalue weighted by molar-refractivity contribution is 7.07. The van der Waals surface area contributed by atoms with Gasteiger partial charge in [-0.1, -0.05) is 13.0 Å². The van der Waals surface area contributed by atoms with Gasteiger partial charge in [-0.05, 0) is 24.1 Å². The molecule has 1 N–H and O–H groups in total. The fourth-order valence-corrected chi connectivity index (χ4v) is 2.18. The van der Waals surface area contributed by atoms with E-state index >= 15 is 0 Å².